The van der Waals surface area contributed by atoms with E-state index in [-0.39, 0.29) is 5.91 Å². The van der Waals surface area contributed by atoms with E-state index in [1.165, 1.54) is 0 Å². The number of amides is 1. The van der Waals surface area contributed by atoms with Crippen LogP contribution in [0.4, 0.5) is 5.69 Å². The van der Waals surface area contributed by atoms with E-state index in [0.29, 0.717) is 33.5 Å². The standard InChI is InChI=1S/C17H17ClN2O4/c1-22-13-6-9(7-14(23-2)15(13)24-3)16-19-12-8-10(18)4-5-11(12)17(21)20-16/h4-8,16,19H,1-3H3,(H,20,21). The Kier molecular flexibility index (Phi) is 4.40. The lowest BCUT2D eigenvalue weighted by Crippen LogP contribution is -2.38. The second kappa shape index (κ2) is 6.49. The Morgan fingerprint density at radius 1 is 0.958 bits per heavy atom. The van der Waals surface area contributed by atoms with E-state index < -0.39 is 6.17 Å². The summed E-state index contributed by atoms with van der Waals surface area (Å²) in [6.07, 6.45) is -0.447. The topological polar surface area (TPSA) is 68.8 Å². The Labute approximate surface area is 144 Å². The highest BCUT2D eigenvalue weighted by Crippen LogP contribution is 2.40. The molecule has 0 fully saturated rings. The molecule has 1 unspecified atom stereocenters. The van der Waals surface area contributed by atoms with Crippen molar-refractivity contribution in [3.05, 3.63) is 46.5 Å². The molecule has 24 heavy (non-hydrogen) atoms. The van der Waals surface area contributed by atoms with E-state index in [2.05, 4.69) is 10.6 Å². The monoisotopic (exact) mass is 348 g/mol. The van der Waals surface area contributed by atoms with Gasteiger partial charge in [0.15, 0.2) is 11.5 Å². The molecule has 7 heteroatoms. The molecule has 0 saturated carbocycles. The Balaban J connectivity index is 2.02. The molecule has 126 valence electrons. The average molecular weight is 349 g/mol. The number of anilines is 1. The van der Waals surface area contributed by atoms with Gasteiger partial charge >= 0.3 is 0 Å². The molecule has 2 aromatic rings. The molecule has 0 bridgehead atoms. The number of methoxy groups -OCH3 is 3. The fourth-order valence-electron chi connectivity index (χ4n) is 2.67. The zero-order valence-electron chi connectivity index (χ0n) is 13.5. The van der Waals surface area contributed by atoms with Crippen LogP contribution in [0.15, 0.2) is 30.3 Å². The number of halogens is 1. The van der Waals surface area contributed by atoms with E-state index in [4.69, 9.17) is 25.8 Å². The molecule has 2 aromatic carbocycles. The summed E-state index contributed by atoms with van der Waals surface area (Å²) in [4.78, 5) is 12.3. The van der Waals surface area contributed by atoms with E-state index >= 15 is 0 Å². The molecule has 1 atom stereocenters. The minimum Gasteiger partial charge on any atom is -0.493 e. The minimum absolute atomic E-state index is 0.181. The normalized spacial score (nSPS) is 15.8. The molecule has 3 rings (SSSR count). The van der Waals surface area contributed by atoms with Crippen LogP contribution in [0.25, 0.3) is 0 Å². The van der Waals surface area contributed by atoms with E-state index in [9.17, 15) is 4.79 Å². The van der Waals surface area contributed by atoms with Crippen molar-refractivity contribution in [2.45, 2.75) is 6.17 Å². The lowest BCUT2D eigenvalue weighted by atomic mass is 10.0. The summed E-state index contributed by atoms with van der Waals surface area (Å²) in [6.45, 7) is 0. The fourth-order valence-corrected chi connectivity index (χ4v) is 2.84. The van der Waals surface area contributed by atoms with Crippen molar-refractivity contribution in [2.24, 2.45) is 0 Å². The van der Waals surface area contributed by atoms with Crippen LogP contribution in [0.1, 0.15) is 22.1 Å². The SMILES string of the molecule is COc1cc(C2NC(=O)c3ccc(Cl)cc3N2)cc(OC)c1OC. The quantitative estimate of drug-likeness (QED) is 0.888. The summed E-state index contributed by atoms with van der Waals surface area (Å²) in [6, 6.07) is 8.66. The molecule has 2 N–H and O–H groups in total. The van der Waals surface area contributed by atoms with Crippen molar-refractivity contribution in [3.8, 4) is 17.2 Å². The van der Waals surface area contributed by atoms with Crippen LogP contribution < -0.4 is 24.8 Å². The minimum atomic E-state index is -0.447. The number of benzene rings is 2. The predicted octanol–water partition coefficient (Wildman–Crippen LogP) is 3.22. The summed E-state index contributed by atoms with van der Waals surface area (Å²) in [5.41, 5.74) is 1.98. The van der Waals surface area contributed by atoms with Gasteiger partial charge in [-0.15, -0.1) is 0 Å². The van der Waals surface area contributed by atoms with E-state index in [1.54, 1.807) is 51.7 Å². The number of carbonyl (C=O) groups excluding carboxylic acids is 1. The van der Waals surface area contributed by atoms with Gasteiger partial charge in [0.05, 0.1) is 32.6 Å². The first kappa shape index (κ1) is 16.3. The van der Waals surface area contributed by atoms with Crippen LogP contribution in [-0.4, -0.2) is 27.2 Å². The number of nitrogens with one attached hydrogen (secondary N) is 2. The van der Waals surface area contributed by atoms with Gasteiger partial charge in [0.2, 0.25) is 5.75 Å². The molecular weight excluding hydrogens is 332 g/mol. The molecule has 0 saturated heterocycles. The van der Waals surface area contributed by atoms with Crippen LogP contribution in [0.2, 0.25) is 5.02 Å². The number of hydrogen-bond acceptors (Lipinski definition) is 5. The van der Waals surface area contributed by atoms with Crippen molar-refractivity contribution in [1.82, 2.24) is 5.32 Å². The van der Waals surface area contributed by atoms with Crippen molar-refractivity contribution in [3.63, 3.8) is 0 Å². The first-order valence-electron chi connectivity index (χ1n) is 7.24. The van der Waals surface area contributed by atoms with Gasteiger partial charge in [-0.25, -0.2) is 0 Å². The Morgan fingerprint density at radius 2 is 1.62 bits per heavy atom. The number of ether oxygens (including phenoxy) is 3. The van der Waals surface area contributed by atoms with Crippen LogP contribution in [-0.2, 0) is 0 Å². The highest BCUT2D eigenvalue weighted by molar-refractivity contribution is 6.31. The number of fused-ring (bicyclic) bond motifs is 1. The van der Waals surface area contributed by atoms with Gasteiger partial charge in [-0.1, -0.05) is 11.6 Å². The Morgan fingerprint density at radius 3 is 2.21 bits per heavy atom. The summed E-state index contributed by atoms with van der Waals surface area (Å²) in [7, 11) is 4.63. The third-order valence-corrected chi connectivity index (χ3v) is 4.06. The summed E-state index contributed by atoms with van der Waals surface area (Å²) in [5, 5.41) is 6.71. The highest BCUT2D eigenvalue weighted by Gasteiger charge is 2.26. The van der Waals surface area contributed by atoms with Crippen LogP contribution in [0.5, 0.6) is 17.2 Å². The molecule has 1 heterocycles. The second-order valence-corrected chi connectivity index (χ2v) is 5.64. The molecular formula is C17H17ClN2O4. The van der Waals surface area contributed by atoms with Crippen LogP contribution in [0.3, 0.4) is 0 Å². The summed E-state index contributed by atoms with van der Waals surface area (Å²) < 4.78 is 16.0. The molecule has 1 amide bonds. The van der Waals surface area contributed by atoms with Crippen molar-refractivity contribution in [2.75, 3.05) is 26.6 Å². The fraction of sp³-hybridized carbons (Fsp3) is 0.235. The maximum atomic E-state index is 12.3. The van der Waals surface area contributed by atoms with Crippen molar-refractivity contribution < 1.29 is 19.0 Å². The summed E-state index contributed by atoms with van der Waals surface area (Å²) in [5.74, 6) is 1.34. The molecule has 0 radical (unpaired) electrons. The van der Waals surface area contributed by atoms with Crippen LogP contribution >= 0.6 is 11.6 Å². The van der Waals surface area contributed by atoms with Gasteiger partial charge < -0.3 is 24.8 Å². The first-order chi connectivity index (χ1) is 11.6. The largest absolute Gasteiger partial charge is 0.493 e. The molecule has 0 aliphatic carbocycles. The van der Waals surface area contributed by atoms with Gasteiger partial charge in [-0.05, 0) is 30.3 Å². The average Bonchev–Trinajstić information content (AvgIpc) is 2.59. The molecule has 1 aliphatic heterocycles. The number of carbonyl (C=O) groups is 1. The van der Waals surface area contributed by atoms with Crippen molar-refractivity contribution in [1.29, 1.82) is 0 Å². The maximum Gasteiger partial charge on any atom is 0.255 e. The van der Waals surface area contributed by atoms with Crippen molar-refractivity contribution >= 4 is 23.2 Å². The van der Waals surface area contributed by atoms with Gasteiger partial charge in [0.1, 0.15) is 6.17 Å². The summed E-state index contributed by atoms with van der Waals surface area (Å²) >= 11 is 6.02. The molecule has 0 spiro atoms. The zero-order chi connectivity index (χ0) is 17.3. The maximum absolute atomic E-state index is 12.3. The molecule has 6 nitrogen and oxygen atoms in total. The lowest BCUT2D eigenvalue weighted by molar-refractivity contribution is 0.0935. The zero-order valence-corrected chi connectivity index (χ0v) is 14.2. The third kappa shape index (κ3) is 2.80. The van der Waals surface area contributed by atoms with E-state index in [1.807, 2.05) is 0 Å². The molecule has 1 aliphatic rings. The van der Waals surface area contributed by atoms with Gasteiger partial charge in [0.25, 0.3) is 5.91 Å². The van der Waals surface area contributed by atoms with Crippen LogP contribution in [0, 0.1) is 0 Å². The van der Waals surface area contributed by atoms with E-state index in [0.717, 1.165) is 5.56 Å². The molecule has 0 aromatic heterocycles. The van der Waals surface area contributed by atoms with Gasteiger partial charge in [0, 0.05) is 10.6 Å². The Hall–Kier alpha value is -2.60. The first-order valence-corrected chi connectivity index (χ1v) is 7.62. The predicted molar refractivity (Wildman–Crippen MR) is 91.4 cm³/mol. The highest BCUT2D eigenvalue weighted by atomic mass is 35.5. The lowest BCUT2D eigenvalue weighted by Gasteiger charge is -2.29. The van der Waals surface area contributed by atoms with Gasteiger partial charge in [-0.3, -0.25) is 4.79 Å². The van der Waals surface area contributed by atoms with Gasteiger partial charge in [-0.2, -0.15) is 0 Å². The number of rotatable bonds is 4. The number of hydrogen-bond donors (Lipinski definition) is 2. The smallest absolute Gasteiger partial charge is 0.255 e. The Bertz CT molecular complexity index is 769. The third-order valence-electron chi connectivity index (χ3n) is 3.82. The second-order valence-electron chi connectivity index (χ2n) is 5.20.